The van der Waals surface area contributed by atoms with Crippen LogP contribution in [0.1, 0.15) is 62.2 Å². The molecule has 5 rings (SSSR count). The van der Waals surface area contributed by atoms with Gasteiger partial charge in [-0.3, -0.25) is 4.79 Å². The van der Waals surface area contributed by atoms with Gasteiger partial charge < -0.3 is 30.9 Å². The van der Waals surface area contributed by atoms with Crippen LogP contribution in [-0.4, -0.2) is 76.6 Å². The first-order valence-electron chi connectivity index (χ1n) is 14.2. The zero-order chi connectivity index (χ0) is 28.4. The molecule has 1 aromatic carbocycles. The summed E-state index contributed by atoms with van der Waals surface area (Å²) in [4.78, 5) is 37.8. The number of anilines is 3. The highest BCUT2D eigenvalue weighted by Gasteiger charge is 2.49. The van der Waals surface area contributed by atoms with Crippen molar-refractivity contribution in [1.29, 1.82) is 0 Å². The number of rotatable bonds is 8. The first-order chi connectivity index (χ1) is 19.1. The van der Waals surface area contributed by atoms with Gasteiger partial charge in [0.05, 0.1) is 6.20 Å². The smallest absolute Gasteiger partial charge is 0.405 e. The van der Waals surface area contributed by atoms with Gasteiger partial charge in [-0.15, -0.1) is 0 Å². The number of halogens is 1. The fourth-order valence-electron chi connectivity index (χ4n) is 6.84. The van der Waals surface area contributed by atoms with Crippen LogP contribution in [0.25, 0.3) is 0 Å². The first kappa shape index (κ1) is 28.4. The number of hydrogen-bond donors (Lipinski definition) is 3. The molecule has 0 spiro atoms. The number of ether oxygens (including phenoxy) is 1. The van der Waals surface area contributed by atoms with Crippen molar-refractivity contribution in [2.75, 3.05) is 37.8 Å². The molecular formula is C29H40ClN7O3. The lowest BCUT2D eigenvalue weighted by Crippen LogP contribution is -2.44. The van der Waals surface area contributed by atoms with E-state index < -0.39 is 11.7 Å². The number of piperidine rings is 1. The summed E-state index contributed by atoms with van der Waals surface area (Å²) in [6.45, 7) is 4.06. The molecule has 2 heterocycles. The van der Waals surface area contributed by atoms with E-state index in [0.717, 1.165) is 63.7 Å². The minimum absolute atomic E-state index is 0.0328. The van der Waals surface area contributed by atoms with Gasteiger partial charge in [-0.05, 0) is 101 Å². The number of fused-ring (bicyclic) bond motifs is 2. The highest BCUT2D eigenvalue weighted by atomic mass is 35.5. The lowest BCUT2D eigenvalue weighted by atomic mass is 9.75. The predicted octanol–water partition coefficient (Wildman–Crippen LogP) is 4.88. The first-order valence-corrected chi connectivity index (χ1v) is 14.6. The fraction of sp³-hybridized carbons (Fsp3) is 0.586. The zero-order valence-corrected chi connectivity index (χ0v) is 24.3. The molecule has 2 aliphatic carbocycles. The van der Waals surface area contributed by atoms with Crippen LogP contribution in [0.3, 0.4) is 0 Å². The number of primary amides is 1. The van der Waals surface area contributed by atoms with Gasteiger partial charge in [0.1, 0.15) is 10.6 Å². The number of nitrogens with one attached hydrogen (secondary N) is 2. The standard InChI is InChI=1S/C29H40ClN7O3/c1-4-29(40-27(31)39)15-18-13-20(16-29)24(14-18)34-25-23(30)17-32-28(35-25)33-21-7-5-19(6-8-21)26(38)37(3)22-9-11-36(2)12-10-22/h5-8,17-18,20,22,24H,4,9-16H2,1-3H3,(H2,31,39)(H2,32,33,34,35). The molecule has 216 valence electrons. The molecule has 0 radical (unpaired) electrons. The number of hydrogen-bond acceptors (Lipinski definition) is 8. The number of aromatic nitrogens is 2. The van der Waals surface area contributed by atoms with Crippen LogP contribution in [0, 0.1) is 11.8 Å². The van der Waals surface area contributed by atoms with Gasteiger partial charge in [-0.25, -0.2) is 9.78 Å². The van der Waals surface area contributed by atoms with E-state index in [1.54, 1.807) is 6.20 Å². The van der Waals surface area contributed by atoms with Gasteiger partial charge in [0.25, 0.3) is 5.91 Å². The number of carbonyl (C=O) groups is 2. The van der Waals surface area contributed by atoms with Crippen molar-refractivity contribution < 1.29 is 14.3 Å². The highest BCUT2D eigenvalue weighted by molar-refractivity contribution is 6.32. The monoisotopic (exact) mass is 569 g/mol. The summed E-state index contributed by atoms with van der Waals surface area (Å²) < 4.78 is 5.61. The van der Waals surface area contributed by atoms with Crippen molar-refractivity contribution in [3.63, 3.8) is 0 Å². The Hall–Kier alpha value is -3.11. The Labute approximate surface area is 241 Å². The average Bonchev–Trinajstić information content (AvgIpc) is 3.22. The summed E-state index contributed by atoms with van der Waals surface area (Å²) in [7, 11) is 4.01. The van der Waals surface area contributed by atoms with Crippen molar-refractivity contribution in [1.82, 2.24) is 19.8 Å². The van der Waals surface area contributed by atoms with Crippen molar-refractivity contribution in [2.24, 2.45) is 17.6 Å². The topological polar surface area (TPSA) is 126 Å². The number of likely N-dealkylation sites (tertiary alicyclic amines) is 1. The maximum Gasteiger partial charge on any atom is 0.405 e. The third kappa shape index (κ3) is 6.28. The molecule has 4 N–H and O–H groups in total. The van der Waals surface area contributed by atoms with E-state index in [0.29, 0.717) is 34.2 Å². The van der Waals surface area contributed by atoms with E-state index in [9.17, 15) is 9.59 Å². The van der Waals surface area contributed by atoms with Crippen LogP contribution >= 0.6 is 11.6 Å². The van der Waals surface area contributed by atoms with Crippen LogP contribution in [0.2, 0.25) is 5.02 Å². The second-order valence-corrected chi connectivity index (χ2v) is 12.2. The molecule has 3 aliphatic rings. The Morgan fingerprint density at radius 3 is 2.60 bits per heavy atom. The maximum atomic E-state index is 13.0. The lowest BCUT2D eigenvalue weighted by molar-refractivity contribution is -0.0350. The molecule has 40 heavy (non-hydrogen) atoms. The summed E-state index contributed by atoms with van der Waals surface area (Å²) in [5, 5.41) is 7.22. The summed E-state index contributed by atoms with van der Waals surface area (Å²) >= 11 is 6.48. The van der Waals surface area contributed by atoms with Crippen LogP contribution < -0.4 is 16.4 Å². The molecule has 1 saturated heterocycles. The van der Waals surface area contributed by atoms with Crippen molar-refractivity contribution in [3.05, 3.63) is 41.0 Å². The minimum atomic E-state index is -0.705. The Morgan fingerprint density at radius 2 is 1.93 bits per heavy atom. The Balaban J connectivity index is 1.22. The quantitative estimate of drug-likeness (QED) is 0.410. The summed E-state index contributed by atoms with van der Waals surface area (Å²) in [5.41, 5.74) is 6.33. The number of amides is 2. The van der Waals surface area contributed by atoms with E-state index in [4.69, 9.17) is 22.1 Å². The normalized spacial score (nSPS) is 26.8. The molecular weight excluding hydrogens is 530 g/mol. The zero-order valence-electron chi connectivity index (χ0n) is 23.5. The molecule has 10 nitrogen and oxygen atoms in total. The van der Waals surface area contributed by atoms with Crippen LogP contribution in [0.5, 0.6) is 0 Å². The number of nitrogens with zero attached hydrogens (tertiary/aromatic N) is 4. The number of benzene rings is 1. The Bertz CT molecular complexity index is 1220. The lowest BCUT2D eigenvalue weighted by Gasteiger charge is -2.39. The third-order valence-electron chi connectivity index (χ3n) is 9.06. The molecule has 2 bridgehead atoms. The molecule has 1 aromatic heterocycles. The highest BCUT2D eigenvalue weighted by Crippen LogP contribution is 2.50. The molecule has 4 atom stereocenters. The second-order valence-electron chi connectivity index (χ2n) is 11.8. The molecule has 2 aromatic rings. The Morgan fingerprint density at radius 1 is 1.20 bits per heavy atom. The summed E-state index contributed by atoms with van der Waals surface area (Å²) in [5.74, 6) is 1.80. The van der Waals surface area contributed by atoms with E-state index in [-0.39, 0.29) is 18.0 Å². The number of nitrogens with two attached hydrogens (primary N) is 1. The van der Waals surface area contributed by atoms with E-state index >= 15 is 0 Å². The van der Waals surface area contributed by atoms with E-state index in [2.05, 4.69) is 32.5 Å². The van der Waals surface area contributed by atoms with Crippen LogP contribution in [-0.2, 0) is 4.74 Å². The second kappa shape index (κ2) is 11.8. The molecule has 2 amide bonds. The van der Waals surface area contributed by atoms with E-state index in [1.165, 1.54) is 0 Å². The average molecular weight is 570 g/mol. The molecule has 4 unspecified atom stereocenters. The Kier molecular flexibility index (Phi) is 8.37. The molecule has 1 aliphatic heterocycles. The van der Waals surface area contributed by atoms with Crippen molar-refractivity contribution in [3.8, 4) is 0 Å². The maximum absolute atomic E-state index is 13.0. The predicted molar refractivity (Wildman–Crippen MR) is 156 cm³/mol. The van der Waals surface area contributed by atoms with E-state index in [1.807, 2.05) is 43.1 Å². The van der Waals surface area contributed by atoms with Crippen LogP contribution in [0.15, 0.2) is 30.5 Å². The van der Waals surface area contributed by atoms with Gasteiger partial charge >= 0.3 is 6.09 Å². The van der Waals surface area contributed by atoms with Gasteiger partial charge in [0.2, 0.25) is 5.95 Å². The molecule has 2 saturated carbocycles. The minimum Gasteiger partial charge on any atom is -0.443 e. The largest absolute Gasteiger partial charge is 0.443 e. The molecule has 3 fully saturated rings. The SMILES string of the molecule is CCC1(OC(N)=O)CC2CC(C1)C(Nc1nc(Nc3ccc(C(=O)N(C)C4CCN(C)CC4)cc3)ncc1Cl)C2. The van der Waals surface area contributed by atoms with Gasteiger partial charge in [-0.1, -0.05) is 18.5 Å². The van der Waals surface area contributed by atoms with Gasteiger partial charge in [-0.2, -0.15) is 4.98 Å². The van der Waals surface area contributed by atoms with Crippen molar-refractivity contribution in [2.45, 2.75) is 69.6 Å². The summed E-state index contributed by atoms with van der Waals surface area (Å²) in [6, 6.07) is 7.83. The molecule has 11 heteroatoms. The van der Waals surface area contributed by atoms with Gasteiger partial charge in [0, 0.05) is 30.4 Å². The third-order valence-corrected chi connectivity index (χ3v) is 9.34. The van der Waals surface area contributed by atoms with Crippen molar-refractivity contribution >= 4 is 41.1 Å². The van der Waals surface area contributed by atoms with Gasteiger partial charge in [0.15, 0.2) is 5.82 Å². The number of carbonyl (C=O) groups excluding carboxylic acids is 2. The fourth-order valence-corrected chi connectivity index (χ4v) is 6.98. The van der Waals surface area contributed by atoms with Crippen LogP contribution in [0.4, 0.5) is 22.2 Å². The summed E-state index contributed by atoms with van der Waals surface area (Å²) in [6.07, 6.45) is 7.25.